The molecular formula is C13H14FN3O3S. The first-order valence-electron chi connectivity index (χ1n) is 5.96. The molecule has 21 heavy (non-hydrogen) atoms. The molecule has 2 aromatic rings. The van der Waals surface area contributed by atoms with Gasteiger partial charge in [-0.1, -0.05) is 6.07 Å². The molecule has 0 radical (unpaired) electrons. The molecule has 1 aromatic heterocycles. The van der Waals surface area contributed by atoms with Crippen LogP contribution in [-0.4, -0.2) is 20.5 Å². The zero-order chi connectivity index (χ0) is 15.5. The number of nitrogens with zero attached hydrogens (tertiary/aromatic N) is 1. The van der Waals surface area contributed by atoms with Crippen LogP contribution in [-0.2, 0) is 16.6 Å². The van der Waals surface area contributed by atoms with Gasteiger partial charge in [-0.15, -0.1) is 0 Å². The monoisotopic (exact) mass is 311 g/mol. The Kier molecular flexibility index (Phi) is 4.39. The van der Waals surface area contributed by atoms with Gasteiger partial charge >= 0.3 is 0 Å². The molecule has 0 aliphatic heterocycles. The minimum atomic E-state index is -4.03. The van der Waals surface area contributed by atoms with Crippen LogP contribution in [0.5, 0.6) is 5.75 Å². The number of nitrogens with one attached hydrogen (secondary N) is 1. The number of sulfonamides is 1. The summed E-state index contributed by atoms with van der Waals surface area (Å²) < 4.78 is 44.7. The molecular weight excluding hydrogens is 297 g/mol. The van der Waals surface area contributed by atoms with Gasteiger partial charge in [0, 0.05) is 12.7 Å². The van der Waals surface area contributed by atoms with Gasteiger partial charge in [-0.2, -0.15) is 0 Å². The lowest BCUT2D eigenvalue weighted by Gasteiger charge is -2.09. The second kappa shape index (κ2) is 6.06. The Morgan fingerprint density at radius 1 is 1.38 bits per heavy atom. The second-order valence-electron chi connectivity index (χ2n) is 4.19. The van der Waals surface area contributed by atoms with E-state index in [1.165, 1.54) is 19.4 Å². The summed E-state index contributed by atoms with van der Waals surface area (Å²) in [6.45, 7) is -0.0352. The number of halogens is 1. The van der Waals surface area contributed by atoms with Crippen LogP contribution in [0.1, 0.15) is 5.56 Å². The molecule has 6 nitrogen and oxygen atoms in total. The van der Waals surface area contributed by atoms with E-state index >= 15 is 0 Å². The highest BCUT2D eigenvalue weighted by atomic mass is 32.2. The zero-order valence-electron chi connectivity index (χ0n) is 11.2. The van der Waals surface area contributed by atoms with Crippen molar-refractivity contribution < 1.29 is 17.5 Å². The van der Waals surface area contributed by atoms with Crippen LogP contribution in [0.3, 0.4) is 0 Å². The van der Waals surface area contributed by atoms with Crippen LogP contribution in [0.25, 0.3) is 0 Å². The number of methoxy groups -OCH3 is 1. The average Bonchev–Trinajstić information content (AvgIpc) is 2.45. The van der Waals surface area contributed by atoms with Crippen molar-refractivity contribution in [3.63, 3.8) is 0 Å². The smallest absolute Gasteiger partial charge is 0.261 e. The third kappa shape index (κ3) is 3.47. The van der Waals surface area contributed by atoms with E-state index < -0.39 is 20.9 Å². The molecule has 0 bridgehead atoms. The number of hydrogen-bond acceptors (Lipinski definition) is 5. The number of aromatic nitrogens is 1. The van der Waals surface area contributed by atoms with Crippen molar-refractivity contribution in [2.45, 2.75) is 11.6 Å². The molecule has 0 fully saturated rings. The molecule has 0 aliphatic carbocycles. The maximum absolute atomic E-state index is 13.5. The van der Waals surface area contributed by atoms with Crippen LogP contribution >= 0.6 is 0 Å². The van der Waals surface area contributed by atoms with Crippen molar-refractivity contribution in [2.24, 2.45) is 0 Å². The molecule has 3 N–H and O–H groups in total. The van der Waals surface area contributed by atoms with E-state index in [1.54, 1.807) is 18.2 Å². The fourth-order valence-corrected chi connectivity index (χ4v) is 2.73. The lowest BCUT2D eigenvalue weighted by atomic mass is 10.2. The highest BCUT2D eigenvalue weighted by Gasteiger charge is 2.20. The molecule has 0 aliphatic rings. The third-order valence-electron chi connectivity index (χ3n) is 2.74. The van der Waals surface area contributed by atoms with E-state index in [0.29, 0.717) is 17.0 Å². The Morgan fingerprint density at radius 2 is 2.14 bits per heavy atom. The number of ether oxygens (including phenoxy) is 1. The van der Waals surface area contributed by atoms with Gasteiger partial charge in [-0.3, -0.25) is 0 Å². The van der Waals surface area contributed by atoms with Gasteiger partial charge in [-0.05, 0) is 29.8 Å². The van der Waals surface area contributed by atoms with Crippen molar-refractivity contribution in [3.8, 4) is 5.75 Å². The first kappa shape index (κ1) is 15.2. The van der Waals surface area contributed by atoms with Gasteiger partial charge < -0.3 is 10.5 Å². The molecule has 0 unspecified atom stereocenters. The molecule has 0 spiro atoms. The summed E-state index contributed by atoms with van der Waals surface area (Å²) >= 11 is 0. The quantitative estimate of drug-likeness (QED) is 0.811. The summed E-state index contributed by atoms with van der Waals surface area (Å²) in [4.78, 5) is 3.54. The van der Waals surface area contributed by atoms with Gasteiger partial charge in [0.2, 0.25) is 5.03 Å². The predicted octanol–water partition coefficient (Wildman–Crippen LogP) is 1.29. The zero-order valence-corrected chi connectivity index (χ0v) is 12.0. The number of pyridine rings is 1. The second-order valence-corrected chi connectivity index (χ2v) is 5.87. The number of anilines is 1. The highest BCUT2D eigenvalue weighted by Crippen LogP contribution is 2.22. The maximum Gasteiger partial charge on any atom is 0.261 e. The summed E-state index contributed by atoms with van der Waals surface area (Å²) in [5, 5.41) is -0.633. The van der Waals surface area contributed by atoms with Crippen LogP contribution < -0.4 is 15.2 Å². The molecule has 0 amide bonds. The predicted molar refractivity (Wildman–Crippen MR) is 75.6 cm³/mol. The van der Waals surface area contributed by atoms with Crippen molar-refractivity contribution >= 4 is 15.7 Å². The van der Waals surface area contributed by atoms with E-state index in [0.717, 1.165) is 6.07 Å². The minimum Gasteiger partial charge on any atom is -0.495 e. The van der Waals surface area contributed by atoms with Gasteiger partial charge in [0.25, 0.3) is 10.0 Å². The van der Waals surface area contributed by atoms with Gasteiger partial charge in [0.15, 0.2) is 5.82 Å². The topological polar surface area (TPSA) is 94.3 Å². The van der Waals surface area contributed by atoms with E-state index in [1.807, 2.05) is 0 Å². The fourth-order valence-electron chi connectivity index (χ4n) is 1.71. The van der Waals surface area contributed by atoms with Gasteiger partial charge in [0.1, 0.15) is 5.75 Å². The molecule has 2 rings (SSSR count). The van der Waals surface area contributed by atoms with Gasteiger partial charge in [0.05, 0.1) is 12.8 Å². The Labute approximate surface area is 121 Å². The summed E-state index contributed by atoms with van der Waals surface area (Å²) in [7, 11) is -2.54. The molecule has 1 aromatic carbocycles. The van der Waals surface area contributed by atoms with Crippen molar-refractivity contribution in [1.29, 1.82) is 0 Å². The molecule has 0 atom stereocenters. The standard InChI is InChI=1S/C13H14FN3O3S/c1-20-12-5-4-9(7-11(12)15)8-17-21(18,19)13-10(14)3-2-6-16-13/h2-7,17H,8,15H2,1H3. The Morgan fingerprint density at radius 3 is 2.76 bits per heavy atom. The number of nitrogen functional groups attached to an aromatic ring is 1. The number of benzene rings is 1. The number of hydrogen-bond donors (Lipinski definition) is 2. The molecule has 8 heteroatoms. The summed E-state index contributed by atoms with van der Waals surface area (Å²) in [5.74, 6) is -0.406. The molecule has 1 heterocycles. The lowest BCUT2D eigenvalue weighted by Crippen LogP contribution is -2.25. The normalized spacial score (nSPS) is 11.3. The van der Waals surface area contributed by atoms with E-state index in [4.69, 9.17) is 10.5 Å². The largest absolute Gasteiger partial charge is 0.495 e. The minimum absolute atomic E-state index is 0.0352. The number of rotatable bonds is 5. The maximum atomic E-state index is 13.5. The van der Waals surface area contributed by atoms with Crippen molar-refractivity contribution in [1.82, 2.24) is 9.71 Å². The van der Waals surface area contributed by atoms with Crippen molar-refractivity contribution in [2.75, 3.05) is 12.8 Å². The summed E-state index contributed by atoms with van der Waals surface area (Å²) in [6, 6.07) is 7.22. The van der Waals surface area contributed by atoms with E-state index in [2.05, 4.69) is 9.71 Å². The molecule has 112 valence electrons. The van der Waals surface area contributed by atoms with Gasteiger partial charge in [-0.25, -0.2) is 22.5 Å². The Balaban J connectivity index is 2.16. The molecule has 0 saturated heterocycles. The Hall–Kier alpha value is -2.19. The number of nitrogens with two attached hydrogens (primary N) is 1. The summed E-state index contributed by atoms with van der Waals surface area (Å²) in [6.07, 6.45) is 1.21. The fraction of sp³-hybridized carbons (Fsp3) is 0.154. The summed E-state index contributed by atoms with van der Waals surface area (Å²) in [5.41, 5.74) is 6.74. The molecule has 0 saturated carbocycles. The van der Waals surface area contributed by atoms with E-state index in [9.17, 15) is 12.8 Å². The lowest BCUT2D eigenvalue weighted by molar-refractivity contribution is 0.417. The van der Waals surface area contributed by atoms with Crippen LogP contribution in [0.15, 0.2) is 41.6 Å². The average molecular weight is 311 g/mol. The van der Waals surface area contributed by atoms with Crippen LogP contribution in [0, 0.1) is 5.82 Å². The van der Waals surface area contributed by atoms with Crippen molar-refractivity contribution in [3.05, 3.63) is 47.9 Å². The highest BCUT2D eigenvalue weighted by molar-refractivity contribution is 7.89. The Bertz CT molecular complexity index is 750. The SMILES string of the molecule is COc1ccc(CNS(=O)(=O)c2ncccc2F)cc1N. The van der Waals surface area contributed by atoms with Crippen LogP contribution in [0.2, 0.25) is 0 Å². The van der Waals surface area contributed by atoms with E-state index in [-0.39, 0.29) is 6.54 Å². The third-order valence-corrected chi connectivity index (χ3v) is 4.07. The first-order chi connectivity index (χ1) is 9.94. The van der Waals surface area contributed by atoms with Crippen LogP contribution in [0.4, 0.5) is 10.1 Å². The first-order valence-corrected chi connectivity index (χ1v) is 7.45.